The molecule has 0 bridgehead atoms. The van der Waals surface area contributed by atoms with E-state index in [0.717, 1.165) is 41.8 Å². The normalized spacial score (nSPS) is 10.8. The number of aromatic nitrogens is 2. The van der Waals surface area contributed by atoms with Crippen LogP contribution in [-0.4, -0.2) is 14.7 Å². The standard InChI is InChI=1S/C30H29N3O2/c1-3-4-13-29-32-21(2)27(18-24-9-6-8-12-28(24)34)30(35)33(29)20-22-14-16-23(17-15-22)26-11-7-5-10-25(26)19-31/h5-12,14-17,34H,3-4,13,18,20H2,1-2H3. The van der Waals surface area contributed by atoms with Gasteiger partial charge in [-0.05, 0) is 47.7 Å². The highest BCUT2D eigenvalue weighted by Gasteiger charge is 2.16. The lowest BCUT2D eigenvalue weighted by Crippen LogP contribution is -2.30. The lowest BCUT2D eigenvalue weighted by Gasteiger charge is -2.17. The van der Waals surface area contributed by atoms with Crippen LogP contribution in [0.5, 0.6) is 5.75 Å². The maximum absolute atomic E-state index is 13.7. The van der Waals surface area contributed by atoms with Gasteiger partial charge < -0.3 is 5.11 Å². The molecule has 0 aliphatic heterocycles. The first-order chi connectivity index (χ1) is 17.0. The molecule has 4 rings (SSSR count). The Morgan fingerprint density at radius 1 is 1.00 bits per heavy atom. The molecule has 0 aliphatic rings. The number of rotatable bonds is 8. The van der Waals surface area contributed by atoms with Crippen molar-refractivity contribution in [2.24, 2.45) is 0 Å². The number of benzene rings is 3. The van der Waals surface area contributed by atoms with Crippen molar-refractivity contribution in [3.63, 3.8) is 0 Å². The van der Waals surface area contributed by atoms with Crippen LogP contribution in [-0.2, 0) is 19.4 Å². The van der Waals surface area contributed by atoms with Gasteiger partial charge in [-0.3, -0.25) is 9.36 Å². The van der Waals surface area contributed by atoms with E-state index in [1.54, 1.807) is 16.7 Å². The third kappa shape index (κ3) is 5.33. The first-order valence-electron chi connectivity index (χ1n) is 12.0. The monoisotopic (exact) mass is 463 g/mol. The second-order valence-corrected chi connectivity index (χ2v) is 8.75. The van der Waals surface area contributed by atoms with Crippen molar-refractivity contribution in [2.75, 3.05) is 0 Å². The molecule has 5 heteroatoms. The lowest BCUT2D eigenvalue weighted by molar-refractivity contribution is 0.469. The molecule has 0 spiro atoms. The Morgan fingerprint density at radius 2 is 1.71 bits per heavy atom. The highest BCUT2D eigenvalue weighted by molar-refractivity contribution is 5.70. The van der Waals surface area contributed by atoms with E-state index in [1.807, 2.05) is 67.6 Å². The third-order valence-electron chi connectivity index (χ3n) is 6.31. The fraction of sp³-hybridized carbons (Fsp3) is 0.233. The zero-order valence-electron chi connectivity index (χ0n) is 20.2. The van der Waals surface area contributed by atoms with Crippen molar-refractivity contribution in [3.8, 4) is 22.9 Å². The van der Waals surface area contributed by atoms with Crippen LogP contribution in [0.2, 0.25) is 0 Å². The molecule has 0 saturated carbocycles. The third-order valence-corrected chi connectivity index (χ3v) is 6.31. The van der Waals surface area contributed by atoms with Gasteiger partial charge in [-0.2, -0.15) is 5.26 Å². The molecule has 0 amide bonds. The maximum Gasteiger partial charge on any atom is 0.257 e. The summed E-state index contributed by atoms with van der Waals surface area (Å²) in [5, 5.41) is 19.7. The van der Waals surface area contributed by atoms with Crippen molar-refractivity contribution in [2.45, 2.75) is 46.1 Å². The van der Waals surface area contributed by atoms with E-state index in [1.165, 1.54) is 0 Å². The summed E-state index contributed by atoms with van der Waals surface area (Å²) in [7, 11) is 0. The highest BCUT2D eigenvalue weighted by atomic mass is 16.3. The molecule has 0 atom stereocenters. The van der Waals surface area contributed by atoms with Crippen LogP contribution in [0.4, 0.5) is 0 Å². The van der Waals surface area contributed by atoms with Gasteiger partial charge in [0.2, 0.25) is 0 Å². The van der Waals surface area contributed by atoms with Gasteiger partial charge in [0.25, 0.3) is 5.56 Å². The first-order valence-corrected chi connectivity index (χ1v) is 12.0. The number of hydrogen-bond acceptors (Lipinski definition) is 4. The Hall–Kier alpha value is -4.17. The van der Waals surface area contributed by atoms with Gasteiger partial charge in [0.1, 0.15) is 11.6 Å². The molecule has 5 nitrogen and oxygen atoms in total. The Bertz CT molecular complexity index is 1430. The van der Waals surface area contributed by atoms with Gasteiger partial charge in [0.05, 0.1) is 18.2 Å². The smallest absolute Gasteiger partial charge is 0.257 e. The van der Waals surface area contributed by atoms with Crippen LogP contribution in [0.25, 0.3) is 11.1 Å². The molecule has 176 valence electrons. The molecule has 0 unspecified atom stereocenters. The number of nitrogens with zero attached hydrogens (tertiary/aromatic N) is 3. The van der Waals surface area contributed by atoms with E-state index >= 15 is 0 Å². The van der Waals surface area contributed by atoms with E-state index in [-0.39, 0.29) is 11.3 Å². The van der Waals surface area contributed by atoms with Crippen LogP contribution < -0.4 is 5.56 Å². The van der Waals surface area contributed by atoms with E-state index in [0.29, 0.717) is 35.3 Å². The van der Waals surface area contributed by atoms with E-state index in [4.69, 9.17) is 4.98 Å². The number of phenolic OH excluding ortho intramolecular Hbond substituents is 1. The molecule has 1 aromatic heterocycles. The number of aromatic hydroxyl groups is 1. The van der Waals surface area contributed by atoms with Crippen molar-refractivity contribution in [1.29, 1.82) is 5.26 Å². The van der Waals surface area contributed by atoms with Crippen molar-refractivity contribution < 1.29 is 5.11 Å². The fourth-order valence-corrected chi connectivity index (χ4v) is 4.30. The Labute approximate surface area is 206 Å². The Morgan fingerprint density at radius 3 is 2.43 bits per heavy atom. The van der Waals surface area contributed by atoms with Gasteiger partial charge in [-0.25, -0.2) is 4.98 Å². The molecule has 0 radical (unpaired) electrons. The van der Waals surface area contributed by atoms with Crippen LogP contribution >= 0.6 is 0 Å². The Balaban J connectivity index is 1.70. The summed E-state index contributed by atoms with van der Waals surface area (Å²) in [6.07, 6.45) is 3.04. The molecule has 1 heterocycles. The van der Waals surface area contributed by atoms with Gasteiger partial charge in [0.15, 0.2) is 0 Å². The average molecular weight is 464 g/mol. The number of aryl methyl sites for hydroxylation is 2. The minimum atomic E-state index is -0.0641. The predicted molar refractivity (Wildman–Crippen MR) is 138 cm³/mol. The molecule has 0 saturated heterocycles. The minimum absolute atomic E-state index is 0.0641. The number of hydrogen-bond donors (Lipinski definition) is 1. The van der Waals surface area contributed by atoms with Crippen molar-refractivity contribution in [3.05, 3.63) is 117 Å². The second kappa shape index (κ2) is 10.8. The summed E-state index contributed by atoms with van der Waals surface area (Å²) in [6.45, 7) is 4.41. The molecule has 3 aromatic carbocycles. The summed E-state index contributed by atoms with van der Waals surface area (Å²) in [5.41, 5.74) is 5.44. The predicted octanol–water partition coefficient (Wildman–Crippen LogP) is 5.78. The molecule has 1 N–H and O–H groups in total. The Kier molecular flexibility index (Phi) is 7.42. The van der Waals surface area contributed by atoms with Crippen LogP contribution in [0.1, 0.15) is 53.5 Å². The first kappa shape index (κ1) is 24.0. The van der Waals surface area contributed by atoms with Crippen molar-refractivity contribution >= 4 is 0 Å². The van der Waals surface area contributed by atoms with E-state index < -0.39 is 0 Å². The van der Waals surface area contributed by atoms with Gasteiger partial charge in [-0.15, -0.1) is 0 Å². The molecular formula is C30H29N3O2. The van der Waals surface area contributed by atoms with Crippen LogP contribution in [0.3, 0.4) is 0 Å². The van der Waals surface area contributed by atoms with Gasteiger partial charge in [0, 0.05) is 24.1 Å². The second-order valence-electron chi connectivity index (χ2n) is 8.75. The topological polar surface area (TPSA) is 78.9 Å². The van der Waals surface area contributed by atoms with E-state index in [2.05, 4.69) is 13.0 Å². The zero-order valence-corrected chi connectivity index (χ0v) is 20.2. The van der Waals surface area contributed by atoms with Crippen LogP contribution in [0.15, 0.2) is 77.6 Å². The van der Waals surface area contributed by atoms with Crippen LogP contribution in [0, 0.1) is 18.3 Å². The number of nitriles is 1. The molecular weight excluding hydrogens is 434 g/mol. The fourth-order valence-electron chi connectivity index (χ4n) is 4.30. The minimum Gasteiger partial charge on any atom is -0.508 e. The van der Waals surface area contributed by atoms with E-state index in [9.17, 15) is 15.2 Å². The lowest BCUT2D eigenvalue weighted by atomic mass is 9.99. The average Bonchev–Trinajstić information content (AvgIpc) is 2.88. The number of unbranched alkanes of at least 4 members (excludes halogenated alkanes) is 1. The maximum atomic E-state index is 13.7. The SMILES string of the molecule is CCCCc1nc(C)c(Cc2ccccc2O)c(=O)n1Cc1ccc(-c2ccccc2C#N)cc1. The summed E-state index contributed by atoms with van der Waals surface area (Å²) >= 11 is 0. The number of phenols is 1. The number of para-hydroxylation sites is 1. The summed E-state index contributed by atoms with van der Waals surface area (Å²) in [6, 6.07) is 24.9. The zero-order chi connectivity index (χ0) is 24.8. The van der Waals surface area contributed by atoms with Crippen molar-refractivity contribution in [1.82, 2.24) is 9.55 Å². The largest absolute Gasteiger partial charge is 0.508 e. The molecule has 0 aliphatic carbocycles. The quantitative estimate of drug-likeness (QED) is 0.359. The summed E-state index contributed by atoms with van der Waals surface area (Å²) in [4.78, 5) is 18.5. The van der Waals surface area contributed by atoms with Gasteiger partial charge >= 0.3 is 0 Å². The molecule has 35 heavy (non-hydrogen) atoms. The summed E-state index contributed by atoms with van der Waals surface area (Å²) in [5.74, 6) is 0.968. The van der Waals surface area contributed by atoms with Gasteiger partial charge in [-0.1, -0.05) is 74.0 Å². The molecule has 0 fully saturated rings. The highest BCUT2D eigenvalue weighted by Crippen LogP contribution is 2.24. The molecule has 4 aromatic rings. The summed E-state index contributed by atoms with van der Waals surface area (Å²) < 4.78 is 1.77.